The number of hydrogen-bond donors (Lipinski definition) is 2. The third-order valence-corrected chi connectivity index (χ3v) is 7.82. The summed E-state index contributed by atoms with van der Waals surface area (Å²) in [5.41, 5.74) is 3.39. The van der Waals surface area contributed by atoms with Gasteiger partial charge in [-0.2, -0.15) is 10.2 Å². The second-order valence-electron chi connectivity index (χ2n) is 11.6. The first kappa shape index (κ1) is 33.1. The van der Waals surface area contributed by atoms with Gasteiger partial charge in [0.2, 0.25) is 5.52 Å². The Labute approximate surface area is 245 Å². The van der Waals surface area contributed by atoms with Crippen molar-refractivity contribution in [3.8, 4) is 5.75 Å². The molecular formula is C27H39N6O8P. The minimum atomic E-state index is -1.43. The van der Waals surface area contributed by atoms with Crippen LogP contribution in [0.15, 0.2) is 41.0 Å². The van der Waals surface area contributed by atoms with Gasteiger partial charge in [0.05, 0.1) is 15.5 Å². The highest BCUT2D eigenvalue weighted by atomic mass is 31.2. The molecule has 3 rings (SSSR count). The zero-order valence-corrected chi connectivity index (χ0v) is 25.5. The molecule has 0 bridgehead atoms. The van der Waals surface area contributed by atoms with Gasteiger partial charge in [0.15, 0.2) is 5.52 Å². The first-order valence-electron chi connectivity index (χ1n) is 13.8. The van der Waals surface area contributed by atoms with Gasteiger partial charge >= 0.3 is 5.69 Å². The Morgan fingerprint density at radius 1 is 0.905 bits per heavy atom. The quantitative estimate of drug-likeness (QED) is 0.0457. The number of anilines is 1. The van der Waals surface area contributed by atoms with Crippen molar-refractivity contribution in [1.29, 1.82) is 0 Å². The summed E-state index contributed by atoms with van der Waals surface area (Å²) in [6.07, 6.45) is 5.63. The minimum Gasteiger partial charge on any atom is -0.445 e. The van der Waals surface area contributed by atoms with Crippen LogP contribution in [0.5, 0.6) is 5.75 Å². The zero-order valence-electron chi connectivity index (χ0n) is 24.6. The molecule has 0 saturated heterocycles. The number of hydrogen-bond acceptors (Lipinski definition) is 12. The van der Waals surface area contributed by atoms with Gasteiger partial charge in [-0.1, -0.05) is 53.9 Å². The van der Waals surface area contributed by atoms with E-state index >= 15 is 0 Å². The number of hydroxylamine groups is 1. The van der Waals surface area contributed by atoms with Gasteiger partial charge in [0.25, 0.3) is 14.1 Å². The number of nitrogens with one attached hydrogen (secondary N) is 2. The number of unbranched alkanes of at least 4 members (excludes halogenated alkanes) is 3. The standard InChI is InChI=1S/C27H39N6O8P/c1-6-7-8-9-16-42(38-21-12-10-20(11-13-21)32(34)35)41-40-29-19-27(4,5)17-26(2,3)18-28-22-14-15-23(33(36)37)25-24(22)30-39-31-25/h10-15,28-29H,6-9,16-19H2,1-5H3. The second kappa shape index (κ2) is 15.1. The number of rotatable bonds is 19. The summed E-state index contributed by atoms with van der Waals surface area (Å²) in [5, 5.41) is 33.0. The lowest BCUT2D eigenvalue weighted by atomic mass is 9.75. The maximum atomic E-state index is 11.3. The zero-order chi connectivity index (χ0) is 30.8. The summed E-state index contributed by atoms with van der Waals surface area (Å²) in [6, 6.07) is 8.89. The molecule has 1 atom stereocenters. The summed E-state index contributed by atoms with van der Waals surface area (Å²) in [6.45, 7) is 11.7. The molecule has 0 aliphatic carbocycles. The summed E-state index contributed by atoms with van der Waals surface area (Å²) in [5.74, 6) is 0.479. The Hall–Kier alpha value is -3.45. The lowest BCUT2D eigenvalue weighted by molar-refractivity contribution is -0.384. The Bertz CT molecular complexity index is 1320. The fraction of sp³-hybridized carbons (Fsp3) is 0.556. The van der Waals surface area contributed by atoms with Crippen molar-refractivity contribution in [2.75, 3.05) is 24.6 Å². The van der Waals surface area contributed by atoms with E-state index in [0.717, 1.165) is 32.1 Å². The number of benzene rings is 2. The number of aromatic nitrogens is 2. The molecule has 2 N–H and O–H groups in total. The maximum absolute atomic E-state index is 11.3. The summed E-state index contributed by atoms with van der Waals surface area (Å²) in [7, 11) is -1.43. The summed E-state index contributed by atoms with van der Waals surface area (Å²) >= 11 is 0. The van der Waals surface area contributed by atoms with Crippen molar-refractivity contribution in [1.82, 2.24) is 15.8 Å². The average Bonchev–Trinajstić information content (AvgIpc) is 3.42. The Morgan fingerprint density at radius 2 is 1.60 bits per heavy atom. The molecule has 0 aliphatic heterocycles. The molecule has 42 heavy (non-hydrogen) atoms. The average molecular weight is 607 g/mol. The highest BCUT2D eigenvalue weighted by molar-refractivity contribution is 7.47. The smallest absolute Gasteiger partial charge is 0.300 e. The monoisotopic (exact) mass is 606 g/mol. The highest BCUT2D eigenvalue weighted by Gasteiger charge is 2.30. The van der Waals surface area contributed by atoms with E-state index in [2.05, 4.69) is 55.7 Å². The Balaban J connectivity index is 1.50. The highest BCUT2D eigenvalue weighted by Crippen LogP contribution is 2.41. The molecule has 0 saturated carbocycles. The number of nitro groups is 2. The van der Waals surface area contributed by atoms with Gasteiger partial charge in [0, 0.05) is 37.5 Å². The number of fused-ring (bicyclic) bond motifs is 1. The van der Waals surface area contributed by atoms with E-state index in [-0.39, 0.29) is 27.7 Å². The fourth-order valence-electron chi connectivity index (χ4n) is 4.70. The molecule has 15 heteroatoms. The van der Waals surface area contributed by atoms with Crippen molar-refractivity contribution in [2.24, 2.45) is 10.8 Å². The van der Waals surface area contributed by atoms with E-state index in [9.17, 15) is 20.2 Å². The van der Waals surface area contributed by atoms with Gasteiger partial charge < -0.3 is 9.84 Å². The van der Waals surface area contributed by atoms with Crippen LogP contribution in [0.1, 0.15) is 66.7 Å². The van der Waals surface area contributed by atoms with Gasteiger partial charge in [-0.05, 0) is 52.2 Å². The van der Waals surface area contributed by atoms with Crippen LogP contribution in [-0.2, 0) is 9.66 Å². The van der Waals surface area contributed by atoms with Crippen molar-refractivity contribution in [3.05, 3.63) is 56.6 Å². The molecule has 0 amide bonds. The third kappa shape index (κ3) is 10.1. The normalized spacial score (nSPS) is 12.8. The predicted octanol–water partition coefficient (Wildman–Crippen LogP) is 7.32. The first-order chi connectivity index (χ1) is 19.9. The molecule has 1 unspecified atom stereocenters. The van der Waals surface area contributed by atoms with Crippen LogP contribution in [0.3, 0.4) is 0 Å². The van der Waals surface area contributed by atoms with Gasteiger partial charge in [0.1, 0.15) is 5.75 Å². The molecule has 0 spiro atoms. The van der Waals surface area contributed by atoms with Gasteiger partial charge in [-0.25, -0.2) is 4.63 Å². The number of nitrogens with zero attached hydrogens (tertiary/aromatic N) is 4. The van der Waals surface area contributed by atoms with E-state index in [1.807, 2.05) is 0 Å². The molecule has 1 aromatic heterocycles. The van der Waals surface area contributed by atoms with E-state index in [4.69, 9.17) is 18.8 Å². The molecule has 230 valence electrons. The van der Waals surface area contributed by atoms with Crippen molar-refractivity contribution >= 4 is 36.5 Å². The van der Waals surface area contributed by atoms with E-state index < -0.39 is 18.2 Å². The third-order valence-electron chi connectivity index (χ3n) is 6.48. The second-order valence-corrected chi connectivity index (χ2v) is 13.1. The minimum absolute atomic E-state index is 0.00926. The van der Waals surface area contributed by atoms with Crippen LogP contribution in [-0.4, -0.2) is 39.4 Å². The number of non-ortho nitro benzene ring substituents is 2. The van der Waals surface area contributed by atoms with Crippen LogP contribution in [0, 0.1) is 31.1 Å². The molecule has 14 nitrogen and oxygen atoms in total. The molecule has 2 aromatic carbocycles. The van der Waals surface area contributed by atoms with E-state index in [0.29, 0.717) is 36.2 Å². The first-order valence-corrected chi connectivity index (χ1v) is 15.2. The van der Waals surface area contributed by atoms with E-state index in [1.54, 1.807) is 18.2 Å². The Morgan fingerprint density at radius 3 is 2.26 bits per heavy atom. The van der Waals surface area contributed by atoms with Gasteiger partial charge in [-0.3, -0.25) is 20.2 Å². The van der Waals surface area contributed by atoms with Gasteiger partial charge in [-0.15, -0.1) is 4.99 Å². The van der Waals surface area contributed by atoms with Crippen LogP contribution in [0.2, 0.25) is 0 Å². The largest absolute Gasteiger partial charge is 0.445 e. The lowest BCUT2D eigenvalue weighted by Crippen LogP contribution is -2.36. The van der Waals surface area contributed by atoms with Crippen LogP contribution in [0.25, 0.3) is 11.0 Å². The van der Waals surface area contributed by atoms with Crippen LogP contribution < -0.4 is 15.3 Å². The topological polar surface area (TPSA) is 177 Å². The van der Waals surface area contributed by atoms with Crippen molar-refractivity contribution in [2.45, 2.75) is 66.7 Å². The van der Waals surface area contributed by atoms with E-state index in [1.165, 1.54) is 18.2 Å². The number of nitro benzene ring substituents is 2. The lowest BCUT2D eigenvalue weighted by Gasteiger charge is -2.35. The van der Waals surface area contributed by atoms with Crippen LogP contribution >= 0.6 is 8.38 Å². The molecule has 0 fully saturated rings. The molecule has 1 heterocycles. The van der Waals surface area contributed by atoms with Crippen LogP contribution in [0.4, 0.5) is 17.1 Å². The molecule has 0 radical (unpaired) electrons. The fourth-order valence-corrected chi connectivity index (χ4v) is 5.87. The van der Waals surface area contributed by atoms with Crippen molar-refractivity contribution in [3.63, 3.8) is 0 Å². The SMILES string of the molecule is CCCCCCP(OONCC(C)(C)CC(C)(C)CNc1ccc([N+](=O)[O-])c2nonc12)Oc1ccc([N+](=O)[O-])cc1. The molecule has 0 aliphatic rings. The molecule has 3 aromatic rings. The van der Waals surface area contributed by atoms with Crippen molar-refractivity contribution < 1.29 is 28.7 Å². The predicted molar refractivity (Wildman–Crippen MR) is 159 cm³/mol. The summed E-state index contributed by atoms with van der Waals surface area (Å²) < 4.78 is 16.3. The summed E-state index contributed by atoms with van der Waals surface area (Å²) in [4.78, 5) is 26.6. The Kier molecular flexibility index (Phi) is 11.9. The molecular weight excluding hydrogens is 567 g/mol. The maximum Gasteiger partial charge on any atom is 0.300 e.